The van der Waals surface area contributed by atoms with E-state index >= 15 is 0 Å². The summed E-state index contributed by atoms with van der Waals surface area (Å²) in [5.74, 6) is -0.496. The molecule has 0 saturated carbocycles. The van der Waals surface area contributed by atoms with E-state index in [0.717, 1.165) is 18.8 Å². The quantitative estimate of drug-likeness (QED) is 0.780. The number of methoxy groups -OCH3 is 1. The molecule has 1 rings (SSSR count). The number of anilines is 1. The van der Waals surface area contributed by atoms with Crippen molar-refractivity contribution in [1.29, 1.82) is 0 Å². The second-order valence-corrected chi connectivity index (χ2v) is 4.07. The molecule has 0 aromatic heterocycles. The number of carboxylic acids is 1. The molecule has 106 valence electrons. The topological polar surface area (TPSA) is 59.0 Å². The molecule has 0 amide bonds. The lowest BCUT2D eigenvalue weighted by Gasteiger charge is -2.22. The van der Waals surface area contributed by atoms with Gasteiger partial charge in [0, 0.05) is 32.0 Å². The first kappa shape index (κ1) is 15.3. The third-order valence-electron chi connectivity index (χ3n) is 2.82. The molecule has 0 aliphatic rings. The molecular weight excluding hydrogens is 246 g/mol. The Morgan fingerprint density at radius 1 is 1.37 bits per heavy atom. The van der Waals surface area contributed by atoms with Crippen molar-refractivity contribution in [2.45, 2.75) is 20.0 Å². The standard InChI is InChI=1S/C14H21NO4/c1-4-15(5-2)11-7-6-8-12(9-11)19-13(10-18-3)14(16)17/h6-9,13H,4-5,10H2,1-3H3,(H,16,17). The monoisotopic (exact) mass is 267 g/mol. The molecule has 1 N–H and O–H groups in total. The molecular formula is C14H21NO4. The highest BCUT2D eigenvalue weighted by Gasteiger charge is 2.19. The van der Waals surface area contributed by atoms with Crippen LogP contribution in [0.1, 0.15) is 13.8 Å². The van der Waals surface area contributed by atoms with Crippen LogP contribution >= 0.6 is 0 Å². The lowest BCUT2D eigenvalue weighted by Crippen LogP contribution is -2.31. The molecule has 5 heteroatoms. The van der Waals surface area contributed by atoms with Crippen LogP contribution in [0.2, 0.25) is 0 Å². The summed E-state index contributed by atoms with van der Waals surface area (Å²) in [5, 5.41) is 9.02. The number of benzene rings is 1. The second-order valence-electron chi connectivity index (χ2n) is 4.07. The lowest BCUT2D eigenvalue weighted by molar-refractivity contribution is -0.147. The number of aliphatic carboxylic acids is 1. The van der Waals surface area contributed by atoms with Crippen molar-refractivity contribution in [2.24, 2.45) is 0 Å². The number of nitrogens with zero attached hydrogens (tertiary/aromatic N) is 1. The highest BCUT2D eigenvalue weighted by Crippen LogP contribution is 2.22. The number of carbonyl (C=O) groups is 1. The van der Waals surface area contributed by atoms with Gasteiger partial charge in [0.05, 0.1) is 6.61 Å². The Hall–Kier alpha value is -1.75. The number of hydrogen-bond donors (Lipinski definition) is 1. The Kier molecular flexibility index (Phi) is 6.15. The Morgan fingerprint density at radius 3 is 2.58 bits per heavy atom. The fraction of sp³-hybridized carbons (Fsp3) is 0.500. The maximum absolute atomic E-state index is 11.0. The molecule has 1 unspecified atom stereocenters. The molecule has 1 aromatic carbocycles. The summed E-state index contributed by atoms with van der Waals surface area (Å²) in [5.41, 5.74) is 1.02. The van der Waals surface area contributed by atoms with Crippen molar-refractivity contribution in [3.63, 3.8) is 0 Å². The molecule has 19 heavy (non-hydrogen) atoms. The number of ether oxygens (including phenoxy) is 2. The van der Waals surface area contributed by atoms with E-state index in [-0.39, 0.29) is 6.61 Å². The van der Waals surface area contributed by atoms with Gasteiger partial charge in [-0.1, -0.05) is 6.07 Å². The Bertz CT molecular complexity index is 404. The molecule has 5 nitrogen and oxygen atoms in total. The zero-order valence-electron chi connectivity index (χ0n) is 11.6. The Labute approximate surface area is 113 Å². The molecule has 0 heterocycles. The van der Waals surface area contributed by atoms with E-state index in [0.29, 0.717) is 5.75 Å². The van der Waals surface area contributed by atoms with Crippen LogP contribution in [-0.2, 0) is 9.53 Å². The second kappa shape index (κ2) is 7.63. The maximum atomic E-state index is 11.0. The normalized spacial score (nSPS) is 11.9. The van der Waals surface area contributed by atoms with E-state index in [1.807, 2.05) is 18.2 Å². The zero-order chi connectivity index (χ0) is 14.3. The molecule has 0 radical (unpaired) electrons. The SMILES string of the molecule is CCN(CC)c1cccc(OC(COC)C(=O)O)c1. The van der Waals surface area contributed by atoms with Gasteiger partial charge in [0.1, 0.15) is 5.75 Å². The third kappa shape index (κ3) is 4.44. The van der Waals surface area contributed by atoms with Gasteiger partial charge in [0.15, 0.2) is 0 Å². The van der Waals surface area contributed by atoms with Gasteiger partial charge in [-0.05, 0) is 26.0 Å². The van der Waals surface area contributed by atoms with E-state index in [4.69, 9.17) is 14.6 Å². The fourth-order valence-corrected chi connectivity index (χ4v) is 1.81. The van der Waals surface area contributed by atoms with Crippen molar-refractivity contribution in [3.05, 3.63) is 24.3 Å². The summed E-state index contributed by atoms with van der Waals surface area (Å²) in [7, 11) is 1.45. The Balaban J connectivity index is 2.83. The molecule has 0 saturated heterocycles. The van der Waals surface area contributed by atoms with Crippen molar-refractivity contribution in [2.75, 3.05) is 31.7 Å². The highest BCUT2D eigenvalue weighted by atomic mass is 16.5. The van der Waals surface area contributed by atoms with Gasteiger partial charge in [-0.15, -0.1) is 0 Å². The molecule has 0 bridgehead atoms. The predicted octanol–water partition coefficient (Wildman–Crippen LogP) is 2.01. The van der Waals surface area contributed by atoms with Crippen LogP contribution in [-0.4, -0.2) is 44.0 Å². The molecule has 0 aliphatic heterocycles. The van der Waals surface area contributed by atoms with Gasteiger partial charge in [-0.3, -0.25) is 0 Å². The number of carboxylic acid groups (broad SMARTS) is 1. The summed E-state index contributed by atoms with van der Waals surface area (Å²) in [4.78, 5) is 13.2. The van der Waals surface area contributed by atoms with Crippen molar-refractivity contribution in [1.82, 2.24) is 0 Å². The van der Waals surface area contributed by atoms with E-state index in [1.54, 1.807) is 6.07 Å². The van der Waals surface area contributed by atoms with E-state index in [2.05, 4.69) is 18.7 Å². The highest BCUT2D eigenvalue weighted by molar-refractivity contribution is 5.73. The van der Waals surface area contributed by atoms with E-state index in [9.17, 15) is 4.79 Å². The van der Waals surface area contributed by atoms with Gasteiger partial charge >= 0.3 is 5.97 Å². The summed E-state index contributed by atoms with van der Waals surface area (Å²) >= 11 is 0. The van der Waals surface area contributed by atoms with Crippen molar-refractivity contribution >= 4 is 11.7 Å². The molecule has 0 fully saturated rings. The third-order valence-corrected chi connectivity index (χ3v) is 2.82. The predicted molar refractivity (Wildman–Crippen MR) is 73.9 cm³/mol. The van der Waals surface area contributed by atoms with E-state index in [1.165, 1.54) is 7.11 Å². The number of rotatable bonds is 8. The average Bonchev–Trinajstić information content (AvgIpc) is 2.40. The van der Waals surface area contributed by atoms with Gasteiger partial charge < -0.3 is 19.5 Å². The van der Waals surface area contributed by atoms with Crippen molar-refractivity contribution in [3.8, 4) is 5.75 Å². The van der Waals surface area contributed by atoms with Crippen molar-refractivity contribution < 1.29 is 19.4 Å². The first-order chi connectivity index (χ1) is 9.12. The minimum absolute atomic E-state index is 0.0187. The van der Waals surface area contributed by atoms with Crippen LogP contribution in [0.5, 0.6) is 5.75 Å². The minimum Gasteiger partial charge on any atom is -0.478 e. The smallest absolute Gasteiger partial charge is 0.347 e. The molecule has 1 aromatic rings. The van der Waals surface area contributed by atoms with Gasteiger partial charge in [0.25, 0.3) is 0 Å². The first-order valence-corrected chi connectivity index (χ1v) is 6.35. The summed E-state index contributed by atoms with van der Waals surface area (Å²) < 4.78 is 10.3. The minimum atomic E-state index is -1.03. The molecule has 1 atom stereocenters. The molecule has 0 aliphatic carbocycles. The molecule has 0 spiro atoms. The van der Waals surface area contributed by atoms with Gasteiger partial charge in [-0.2, -0.15) is 0 Å². The van der Waals surface area contributed by atoms with Crippen LogP contribution in [0.15, 0.2) is 24.3 Å². The lowest BCUT2D eigenvalue weighted by atomic mass is 10.2. The van der Waals surface area contributed by atoms with Crippen LogP contribution in [0.3, 0.4) is 0 Å². The van der Waals surface area contributed by atoms with Gasteiger partial charge in [0.2, 0.25) is 6.10 Å². The average molecular weight is 267 g/mol. The largest absolute Gasteiger partial charge is 0.478 e. The van der Waals surface area contributed by atoms with Crippen LogP contribution in [0.25, 0.3) is 0 Å². The fourth-order valence-electron chi connectivity index (χ4n) is 1.81. The summed E-state index contributed by atoms with van der Waals surface area (Å²) in [6.07, 6.45) is -0.989. The first-order valence-electron chi connectivity index (χ1n) is 6.35. The van der Waals surface area contributed by atoms with E-state index < -0.39 is 12.1 Å². The zero-order valence-corrected chi connectivity index (χ0v) is 11.6. The van der Waals surface area contributed by atoms with Gasteiger partial charge in [-0.25, -0.2) is 4.79 Å². The van der Waals surface area contributed by atoms with Crippen LogP contribution < -0.4 is 9.64 Å². The van der Waals surface area contributed by atoms with Crippen LogP contribution in [0.4, 0.5) is 5.69 Å². The summed E-state index contributed by atoms with van der Waals surface area (Å²) in [6.45, 7) is 5.94. The van der Waals surface area contributed by atoms with Crippen LogP contribution in [0, 0.1) is 0 Å². The number of hydrogen-bond acceptors (Lipinski definition) is 4. The Morgan fingerprint density at radius 2 is 2.05 bits per heavy atom. The summed E-state index contributed by atoms with van der Waals surface area (Å²) in [6, 6.07) is 7.43. The maximum Gasteiger partial charge on any atom is 0.347 e.